The number of rotatable bonds is 4. The lowest BCUT2D eigenvalue weighted by atomic mass is 10.1. The fourth-order valence-electron chi connectivity index (χ4n) is 2.13. The lowest BCUT2D eigenvalue weighted by Crippen LogP contribution is -2.14. The van der Waals surface area contributed by atoms with E-state index in [2.05, 4.69) is 40.2 Å². The van der Waals surface area contributed by atoms with Crippen LogP contribution < -0.4 is 0 Å². The molecule has 1 nitrogen and oxygen atoms in total. The lowest BCUT2D eigenvalue weighted by Gasteiger charge is -2.20. The molecule has 1 unspecified atom stereocenters. The van der Waals surface area contributed by atoms with Gasteiger partial charge in [-0.25, -0.2) is 0 Å². The fraction of sp³-hybridized carbons (Fsp3) is 0.538. The van der Waals surface area contributed by atoms with Crippen molar-refractivity contribution in [3.05, 3.63) is 35.9 Å². The summed E-state index contributed by atoms with van der Waals surface area (Å²) in [6.07, 6.45) is 5.82. The van der Waals surface area contributed by atoms with Crippen molar-refractivity contribution in [2.75, 3.05) is 5.33 Å². The molecule has 0 N–H and O–H groups in total. The van der Waals surface area contributed by atoms with E-state index >= 15 is 0 Å². The topological polar surface area (TPSA) is 9.23 Å². The number of alkyl halides is 1. The molecule has 1 aliphatic rings. The van der Waals surface area contributed by atoms with Crippen LogP contribution in [0.3, 0.4) is 0 Å². The summed E-state index contributed by atoms with van der Waals surface area (Å²) in [7, 11) is 0. The SMILES string of the molecule is BrCC(OC1CCCC1)c1ccccc1. The number of hydrogen-bond acceptors (Lipinski definition) is 1. The van der Waals surface area contributed by atoms with Crippen molar-refractivity contribution >= 4 is 15.9 Å². The van der Waals surface area contributed by atoms with Crippen LogP contribution in [-0.2, 0) is 4.74 Å². The molecule has 0 aromatic heterocycles. The first-order chi connectivity index (χ1) is 7.40. The molecule has 1 fully saturated rings. The van der Waals surface area contributed by atoms with Crippen molar-refractivity contribution in [1.82, 2.24) is 0 Å². The van der Waals surface area contributed by atoms with Gasteiger partial charge in [-0.1, -0.05) is 59.1 Å². The molecule has 1 aliphatic carbocycles. The van der Waals surface area contributed by atoms with Crippen molar-refractivity contribution in [3.63, 3.8) is 0 Å². The van der Waals surface area contributed by atoms with Gasteiger partial charge in [0.1, 0.15) is 0 Å². The van der Waals surface area contributed by atoms with E-state index in [-0.39, 0.29) is 6.10 Å². The molecule has 0 radical (unpaired) electrons. The number of halogens is 1. The van der Waals surface area contributed by atoms with Crippen LogP contribution in [-0.4, -0.2) is 11.4 Å². The summed E-state index contributed by atoms with van der Waals surface area (Å²) in [6.45, 7) is 0. The molecule has 0 amide bonds. The highest BCUT2D eigenvalue weighted by molar-refractivity contribution is 9.09. The van der Waals surface area contributed by atoms with Gasteiger partial charge in [-0.05, 0) is 18.4 Å². The van der Waals surface area contributed by atoms with E-state index < -0.39 is 0 Å². The molecular weight excluding hydrogens is 252 g/mol. The molecule has 2 rings (SSSR count). The number of ether oxygens (including phenoxy) is 1. The van der Waals surface area contributed by atoms with Gasteiger partial charge in [0.05, 0.1) is 12.2 Å². The van der Waals surface area contributed by atoms with Crippen molar-refractivity contribution < 1.29 is 4.74 Å². The third-order valence-electron chi connectivity index (χ3n) is 2.97. The van der Waals surface area contributed by atoms with Crippen LogP contribution in [0.25, 0.3) is 0 Å². The molecule has 0 spiro atoms. The van der Waals surface area contributed by atoms with Gasteiger partial charge >= 0.3 is 0 Å². The normalized spacial score (nSPS) is 19.3. The molecule has 1 aromatic rings. The van der Waals surface area contributed by atoms with Crippen molar-refractivity contribution in [2.24, 2.45) is 0 Å². The van der Waals surface area contributed by atoms with Crippen LogP contribution in [0.5, 0.6) is 0 Å². The standard InChI is InChI=1S/C13H17BrO/c14-10-13(11-6-2-1-3-7-11)15-12-8-4-5-9-12/h1-3,6-7,12-13H,4-5,8-10H2. The van der Waals surface area contributed by atoms with E-state index in [9.17, 15) is 0 Å². The van der Waals surface area contributed by atoms with Gasteiger partial charge in [0.2, 0.25) is 0 Å². The van der Waals surface area contributed by atoms with Gasteiger partial charge in [-0.2, -0.15) is 0 Å². The molecule has 2 heteroatoms. The van der Waals surface area contributed by atoms with Crippen LogP contribution in [0.1, 0.15) is 37.4 Å². The summed E-state index contributed by atoms with van der Waals surface area (Å²) < 4.78 is 6.10. The van der Waals surface area contributed by atoms with Crippen molar-refractivity contribution in [1.29, 1.82) is 0 Å². The van der Waals surface area contributed by atoms with Crippen molar-refractivity contribution in [3.8, 4) is 0 Å². The maximum Gasteiger partial charge on any atom is 0.0925 e. The summed E-state index contributed by atoms with van der Waals surface area (Å²) in [4.78, 5) is 0. The largest absolute Gasteiger partial charge is 0.369 e. The van der Waals surface area contributed by atoms with E-state index in [0.29, 0.717) is 6.10 Å². The minimum absolute atomic E-state index is 0.217. The van der Waals surface area contributed by atoms with Gasteiger partial charge in [-0.15, -0.1) is 0 Å². The van der Waals surface area contributed by atoms with E-state index in [1.165, 1.54) is 31.2 Å². The Morgan fingerprint density at radius 3 is 2.47 bits per heavy atom. The quantitative estimate of drug-likeness (QED) is 0.748. The monoisotopic (exact) mass is 268 g/mol. The summed E-state index contributed by atoms with van der Waals surface area (Å²) in [5.74, 6) is 0. The second kappa shape index (κ2) is 5.66. The Morgan fingerprint density at radius 1 is 1.20 bits per heavy atom. The van der Waals surface area contributed by atoms with Crippen LogP contribution in [0.4, 0.5) is 0 Å². The molecule has 0 saturated heterocycles. The zero-order chi connectivity index (χ0) is 10.5. The van der Waals surface area contributed by atoms with Gasteiger partial charge < -0.3 is 4.74 Å². The Bertz CT molecular complexity index is 280. The van der Waals surface area contributed by atoms with E-state index in [0.717, 1.165) is 5.33 Å². The molecule has 1 saturated carbocycles. The fourth-order valence-corrected chi connectivity index (χ4v) is 2.65. The van der Waals surface area contributed by atoms with Crippen LogP contribution in [0.15, 0.2) is 30.3 Å². The molecule has 0 bridgehead atoms. The first kappa shape index (κ1) is 11.2. The van der Waals surface area contributed by atoms with Crippen molar-refractivity contribution in [2.45, 2.75) is 37.9 Å². The third kappa shape index (κ3) is 3.05. The highest BCUT2D eigenvalue weighted by Crippen LogP contribution is 2.28. The zero-order valence-corrected chi connectivity index (χ0v) is 10.4. The summed E-state index contributed by atoms with van der Waals surface area (Å²) in [5.41, 5.74) is 1.28. The average Bonchev–Trinajstić information content (AvgIpc) is 2.80. The van der Waals surface area contributed by atoms with Gasteiger partial charge in [0.25, 0.3) is 0 Å². The van der Waals surface area contributed by atoms with E-state index in [4.69, 9.17) is 4.74 Å². The van der Waals surface area contributed by atoms with Crippen LogP contribution >= 0.6 is 15.9 Å². The minimum Gasteiger partial charge on any atom is -0.369 e. The second-order valence-electron chi connectivity index (χ2n) is 4.10. The minimum atomic E-state index is 0.217. The summed E-state index contributed by atoms with van der Waals surface area (Å²) in [5, 5.41) is 0.882. The molecule has 1 aromatic carbocycles. The Hall–Kier alpha value is -0.340. The number of hydrogen-bond donors (Lipinski definition) is 0. The van der Waals surface area contributed by atoms with Gasteiger partial charge in [-0.3, -0.25) is 0 Å². The Kier molecular flexibility index (Phi) is 4.21. The molecule has 0 aliphatic heterocycles. The highest BCUT2D eigenvalue weighted by Gasteiger charge is 2.20. The second-order valence-corrected chi connectivity index (χ2v) is 4.74. The number of benzene rings is 1. The smallest absolute Gasteiger partial charge is 0.0925 e. The highest BCUT2D eigenvalue weighted by atomic mass is 79.9. The first-order valence-electron chi connectivity index (χ1n) is 5.66. The first-order valence-corrected chi connectivity index (χ1v) is 6.78. The summed E-state index contributed by atoms with van der Waals surface area (Å²) in [6, 6.07) is 10.5. The summed E-state index contributed by atoms with van der Waals surface area (Å²) >= 11 is 3.53. The van der Waals surface area contributed by atoms with Gasteiger partial charge in [0.15, 0.2) is 0 Å². The molecule has 82 valence electrons. The van der Waals surface area contributed by atoms with Crippen LogP contribution in [0.2, 0.25) is 0 Å². The predicted molar refractivity (Wildman–Crippen MR) is 66.3 cm³/mol. The zero-order valence-electron chi connectivity index (χ0n) is 8.86. The Morgan fingerprint density at radius 2 is 1.87 bits per heavy atom. The molecule has 15 heavy (non-hydrogen) atoms. The third-order valence-corrected chi connectivity index (χ3v) is 3.56. The van der Waals surface area contributed by atoms with Crippen LogP contribution in [0, 0.1) is 0 Å². The van der Waals surface area contributed by atoms with E-state index in [1.807, 2.05) is 6.07 Å². The Labute approximate surface area is 100.0 Å². The van der Waals surface area contributed by atoms with Gasteiger partial charge in [0, 0.05) is 5.33 Å². The molecular formula is C13H17BrO. The average molecular weight is 269 g/mol. The Balaban J connectivity index is 1.97. The van der Waals surface area contributed by atoms with E-state index in [1.54, 1.807) is 0 Å². The maximum atomic E-state index is 6.10. The molecule has 1 atom stereocenters. The lowest BCUT2D eigenvalue weighted by molar-refractivity contribution is 0.00434. The predicted octanol–water partition coefficient (Wildman–Crippen LogP) is 4.08. The maximum absolute atomic E-state index is 6.10. The molecule has 0 heterocycles.